The molecule has 9 heteroatoms. The molecule has 4 atom stereocenters. The van der Waals surface area contributed by atoms with Crippen molar-refractivity contribution in [2.24, 2.45) is 0 Å². The summed E-state index contributed by atoms with van der Waals surface area (Å²) >= 11 is 0. The summed E-state index contributed by atoms with van der Waals surface area (Å²) < 4.78 is 6.43. The fourth-order valence-corrected chi connectivity index (χ4v) is 4.20. The van der Waals surface area contributed by atoms with Crippen molar-refractivity contribution in [1.29, 1.82) is 0 Å². The number of nitrogens with one attached hydrogen (secondary N) is 2. The van der Waals surface area contributed by atoms with Crippen LogP contribution in [0.25, 0.3) is 11.4 Å². The van der Waals surface area contributed by atoms with Gasteiger partial charge in [0, 0.05) is 37.7 Å². The zero-order valence-electron chi connectivity index (χ0n) is 18.7. The van der Waals surface area contributed by atoms with Gasteiger partial charge in [-0.15, -0.1) is 0 Å². The molecule has 0 aromatic heterocycles. The van der Waals surface area contributed by atoms with Gasteiger partial charge in [0.15, 0.2) is 5.82 Å². The topological polar surface area (TPSA) is 109 Å². The number of ether oxygens (including phenoxy) is 1. The molecular formula is C22H33N5O4. The zero-order chi connectivity index (χ0) is 22.5. The predicted molar refractivity (Wildman–Crippen MR) is 116 cm³/mol. The van der Waals surface area contributed by atoms with Crippen LogP contribution in [-0.4, -0.2) is 76.1 Å². The van der Waals surface area contributed by atoms with E-state index in [2.05, 4.69) is 15.6 Å². The normalized spacial score (nSPS) is 19.4. The Morgan fingerprint density at radius 2 is 2.16 bits per heavy atom. The Morgan fingerprint density at radius 1 is 1.39 bits per heavy atom. The van der Waals surface area contributed by atoms with E-state index in [0.29, 0.717) is 25.3 Å². The molecule has 3 heterocycles. The van der Waals surface area contributed by atoms with E-state index < -0.39 is 18.2 Å². The van der Waals surface area contributed by atoms with Crippen molar-refractivity contribution >= 4 is 11.8 Å². The second-order valence-electron chi connectivity index (χ2n) is 8.11. The molecule has 0 saturated carbocycles. The first-order valence-electron chi connectivity index (χ1n) is 10.9. The molecule has 0 spiro atoms. The van der Waals surface area contributed by atoms with Crippen LogP contribution >= 0.6 is 0 Å². The number of likely N-dealkylation sites (tertiary alicyclic amines) is 1. The van der Waals surface area contributed by atoms with E-state index in [9.17, 15) is 14.8 Å². The fraction of sp³-hybridized carbons (Fsp3) is 0.591. The minimum absolute atomic E-state index is 0.00176. The first kappa shape index (κ1) is 23.0. The monoisotopic (exact) mass is 431 g/mol. The molecule has 1 fully saturated rings. The third-order valence-electron chi connectivity index (χ3n) is 6.06. The van der Waals surface area contributed by atoms with Crippen molar-refractivity contribution < 1.29 is 19.5 Å². The molecule has 170 valence electrons. The van der Waals surface area contributed by atoms with Crippen LogP contribution in [0.15, 0.2) is 24.5 Å². The van der Waals surface area contributed by atoms with Crippen molar-refractivity contribution in [3.63, 3.8) is 0 Å². The smallest absolute Gasteiger partial charge is 0.248 e. The van der Waals surface area contributed by atoms with Gasteiger partial charge < -0.3 is 25.5 Å². The predicted octanol–water partition coefficient (Wildman–Crippen LogP) is 1.28. The summed E-state index contributed by atoms with van der Waals surface area (Å²) in [6.45, 7) is 6.80. The highest BCUT2D eigenvalue weighted by molar-refractivity contribution is 5.90. The maximum absolute atomic E-state index is 13.5. The molecule has 3 rings (SSSR count). The number of hydrogen-bond acceptors (Lipinski definition) is 6. The Balaban J connectivity index is 1.75. The van der Waals surface area contributed by atoms with Crippen molar-refractivity contribution in [1.82, 2.24) is 25.2 Å². The number of pyridine rings is 1. The second kappa shape index (κ2) is 10.1. The van der Waals surface area contributed by atoms with Gasteiger partial charge in [-0.1, -0.05) is 6.92 Å². The van der Waals surface area contributed by atoms with E-state index in [4.69, 9.17) is 4.74 Å². The highest BCUT2D eigenvalue weighted by atomic mass is 16.5. The number of fused-ring (bicyclic) bond motifs is 1. The van der Waals surface area contributed by atoms with Crippen LogP contribution in [0.2, 0.25) is 0 Å². The van der Waals surface area contributed by atoms with Gasteiger partial charge in [-0.2, -0.15) is 4.73 Å². The van der Waals surface area contributed by atoms with E-state index in [-0.39, 0.29) is 17.9 Å². The summed E-state index contributed by atoms with van der Waals surface area (Å²) in [6, 6.07) is 2.53. The number of amides is 2. The number of methoxy groups -OCH3 is 1. The van der Waals surface area contributed by atoms with Gasteiger partial charge in [0.2, 0.25) is 11.8 Å². The van der Waals surface area contributed by atoms with Gasteiger partial charge in [0.25, 0.3) is 0 Å². The second-order valence-corrected chi connectivity index (χ2v) is 8.11. The van der Waals surface area contributed by atoms with Gasteiger partial charge in [0.05, 0.1) is 12.1 Å². The maximum Gasteiger partial charge on any atom is 0.248 e. The van der Waals surface area contributed by atoms with E-state index in [1.807, 2.05) is 17.9 Å². The van der Waals surface area contributed by atoms with Crippen LogP contribution in [0.5, 0.6) is 0 Å². The molecule has 31 heavy (non-hydrogen) atoms. The van der Waals surface area contributed by atoms with Gasteiger partial charge in [-0.25, -0.2) is 4.98 Å². The maximum atomic E-state index is 13.5. The first-order valence-corrected chi connectivity index (χ1v) is 10.9. The summed E-state index contributed by atoms with van der Waals surface area (Å²) in [6.07, 6.45) is 5.26. The first-order chi connectivity index (χ1) is 14.9. The van der Waals surface area contributed by atoms with Crippen molar-refractivity contribution in [2.45, 2.75) is 64.3 Å². The number of carbonyl (C=O) groups excluding carboxylic acids is 2. The van der Waals surface area contributed by atoms with Gasteiger partial charge >= 0.3 is 0 Å². The summed E-state index contributed by atoms with van der Waals surface area (Å²) in [5.74, 6) is 0.150. The quantitative estimate of drug-likeness (QED) is 0.516. The summed E-state index contributed by atoms with van der Waals surface area (Å²) in [5, 5.41) is 15.9. The van der Waals surface area contributed by atoms with Crippen LogP contribution in [0.3, 0.4) is 0 Å². The lowest BCUT2D eigenvalue weighted by Gasteiger charge is -2.32. The highest BCUT2D eigenvalue weighted by Crippen LogP contribution is 2.29. The van der Waals surface area contributed by atoms with E-state index >= 15 is 0 Å². The molecule has 1 unspecified atom stereocenters. The SMILES string of the molecule is CCN[C@@H](C)C(=O)N[C@H](C(=O)N1CCC[C@@H]1Cc1cnc2n(O)cccc1-2)C(C)OC. The van der Waals surface area contributed by atoms with E-state index in [1.165, 1.54) is 13.3 Å². The molecule has 0 aliphatic carbocycles. The van der Waals surface area contributed by atoms with Crippen LogP contribution in [0.4, 0.5) is 0 Å². The third-order valence-corrected chi connectivity index (χ3v) is 6.06. The lowest BCUT2D eigenvalue weighted by molar-refractivity contribution is -0.141. The Labute approximate surface area is 183 Å². The molecule has 3 aliphatic rings. The van der Waals surface area contributed by atoms with Gasteiger partial charge in [0.1, 0.15) is 6.04 Å². The number of aromatic nitrogens is 2. The summed E-state index contributed by atoms with van der Waals surface area (Å²) in [4.78, 5) is 32.2. The Bertz CT molecular complexity index is 870. The highest BCUT2D eigenvalue weighted by Gasteiger charge is 2.37. The molecule has 0 radical (unpaired) electrons. The number of rotatable bonds is 9. The van der Waals surface area contributed by atoms with Gasteiger partial charge in [-0.05, 0) is 57.4 Å². The Hall–Kier alpha value is -2.65. The van der Waals surface area contributed by atoms with Crippen LogP contribution in [0.1, 0.15) is 39.2 Å². The molecule has 0 aromatic rings. The molecule has 9 nitrogen and oxygen atoms in total. The average molecular weight is 432 g/mol. The minimum Gasteiger partial charge on any atom is -0.427 e. The van der Waals surface area contributed by atoms with Crippen molar-refractivity contribution in [3.05, 3.63) is 30.1 Å². The average Bonchev–Trinajstić information content (AvgIpc) is 3.39. The van der Waals surface area contributed by atoms with E-state index in [1.54, 1.807) is 26.1 Å². The molecule has 1 saturated heterocycles. The van der Waals surface area contributed by atoms with Crippen LogP contribution in [0, 0.1) is 0 Å². The third kappa shape index (κ3) is 4.99. The summed E-state index contributed by atoms with van der Waals surface area (Å²) in [7, 11) is 1.54. The van der Waals surface area contributed by atoms with Gasteiger partial charge in [-0.3, -0.25) is 9.59 Å². The lowest BCUT2D eigenvalue weighted by atomic mass is 10.0. The Kier molecular flexibility index (Phi) is 7.50. The largest absolute Gasteiger partial charge is 0.427 e. The van der Waals surface area contributed by atoms with Crippen LogP contribution < -0.4 is 10.6 Å². The van der Waals surface area contributed by atoms with E-state index in [0.717, 1.165) is 28.7 Å². The number of carbonyl (C=O) groups is 2. The number of likely N-dealkylation sites (N-methyl/N-ethyl adjacent to an activating group) is 1. The Morgan fingerprint density at radius 3 is 2.87 bits per heavy atom. The number of nitrogens with zero attached hydrogens (tertiary/aromatic N) is 3. The molecule has 0 aromatic carbocycles. The number of hydrogen-bond donors (Lipinski definition) is 3. The fourth-order valence-electron chi connectivity index (χ4n) is 4.20. The molecular weight excluding hydrogens is 398 g/mol. The van der Waals surface area contributed by atoms with Crippen molar-refractivity contribution in [3.8, 4) is 11.4 Å². The lowest BCUT2D eigenvalue weighted by Crippen LogP contribution is -2.58. The molecule has 0 bridgehead atoms. The zero-order valence-corrected chi connectivity index (χ0v) is 18.7. The minimum atomic E-state index is -0.756. The summed E-state index contributed by atoms with van der Waals surface area (Å²) in [5.41, 5.74) is 1.86. The standard InChI is InChI=1S/C22H33N5O4/c1-5-23-14(2)21(28)25-19(15(3)31-4)22(29)26-10-6-8-17(26)12-16-13-24-20-18(16)9-7-11-27(20)30/h7,9,11,13-15,17,19,23,30H,5-6,8,10,12H2,1-4H3,(H,25,28)/t14-,15?,17+,19-/m0/s1. The molecule has 2 amide bonds. The molecule has 3 aliphatic heterocycles. The van der Waals surface area contributed by atoms with Crippen LogP contribution in [-0.2, 0) is 20.7 Å². The van der Waals surface area contributed by atoms with Crippen molar-refractivity contribution in [2.75, 3.05) is 20.2 Å². The molecule has 3 N–H and O–H groups in total.